The molecule has 0 saturated carbocycles. The summed E-state index contributed by atoms with van der Waals surface area (Å²) in [5, 5.41) is 18.6. The maximum absolute atomic E-state index is 9.61. The van der Waals surface area contributed by atoms with Crippen LogP contribution in [0.4, 0.5) is 0 Å². The van der Waals surface area contributed by atoms with Gasteiger partial charge in [-0.2, -0.15) is 0 Å². The normalized spacial score (nSPS) is 12.2. The summed E-state index contributed by atoms with van der Waals surface area (Å²) >= 11 is 0. The topological polar surface area (TPSA) is 62.6 Å². The second kappa shape index (κ2) is 5.62. The van der Waals surface area contributed by atoms with E-state index in [2.05, 4.69) is 4.98 Å². The minimum absolute atomic E-state index is 0.00277. The van der Waals surface area contributed by atoms with Crippen LogP contribution < -0.4 is 4.74 Å². The maximum Gasteiger partial charge on any atom is 0.225 e. The van der Waals surface area contributed by atoms with Gasteiger partial charge in [0.15, 0.2) is 0 Å². The molecule has 0 saturated heterocycles. The fourth-order valence-electron chi connectivity index (χ4n) is 1.58. The molecule has 1 heterocycles. The van der Waals surface area contributed by atoms with Gasteiger partial charge in [0.1, 0.15) is 5.75 Å². The Morgan fingerprint density at radius 1 is 1.22 bits per heavy atom. The molecular formula is C14H15NO3. The molecule has 1 aromatic heterocycles. The molecule has 18 heavy (non-hydrogen) atoms. The largest absolute Gasteiger partial charge is 0.439 e. The van der Waals surface area contributed by atoms with Gasteiger partial charge in [0.05, 0.1) is 12.7 Å². The van der Waals surface area contributed by atoms with E-state index in [4.69, 9.17) is 9.84 Å². The Balaban J connectivity index is 2.22. The Bertz CT molecular complexity index is 509. The smallest absolute Gasteiger partial charge is 0.225 e. The number of benzene rings is 1. The van der Waals surface area contributed by atoms with Crippen molar-refractivity contribution in [3.63, 3.8) is 0 Å². The summed E-state index contributed by atoms with van der Waals surface area (Å²) in [6.45, 7) is 1.67. The van der Waals surface area contributed by atoms with Crippen LogP contribution in [0.3, 0.4) is 0 Å². The third kappa shape index (κ3) is 2.85. The molecular weight excluding hydrogens is 230 g/mol. The molecule has 0 bridgehead atoms. The number of aliphatic hydroxyl groups is 2. The Labute approximate surface area is 106 Å². The van der Waals surface area contributed by atoms with Crippen molar-refractivity contribution in [2.24, 2.45) is 0 Å². The standard InChI is InChI=1S/C14H15NO3/c1-10(17)13-3-2-8-15-14(13)18-12-6-4-11(9-16)5-7-12/h2-8,10,16-17H,9H2,1H3/t10-/m1/s1. The van der Waals surface area contributed by atoms with Crippen molar-refractivity contribution in [2.75, 3.05) is 0 Å². The van der Waals surface area contributed by atoms with Crippen LogP contribution in [0.25, 0.3) is 0 Å². The quantitative estimate of drug-likeness (QED) is 0.868. The molecule has 1 aromatic carbocycles. The lowest BCUT2D eigenvalue weighted by molar-refractivity contribution is 0.194. The highest BCUT2D eigenvalue weighted by Gasteiger charge is 2.10. The predicted octanol–water partition coefficient (Wildman–Crippen LogP) is 2.42. The minimum atomic E-state index is -0.634. The van der Waals surface area contributed by atoms with Gasteiger partial charge in [-0.3, -0.25) is 0 Å². The van der Waals surface area contributed by atoms with Crippen molar-refractivity contribution in [1.82, 2.24) is 4.98 Å². The Morgan fingerprint density at radius 3 is 2.56 bits per heavy atom. The molecule has 0 amide bonds. The molecule has 0 unspecified atom stereocenters. The fraction of sp³-hybridized carbons (Fsp3) is 0.214. The summed E-state index contributed by atoms with van der Waals surface area (Å²) in [4.78, 5) is 4.11. The van der Waals surface area contributed by atoms with Crippen molar-refractivity contribution in [2.45, 2.75) is 19.6 Å². The van der Waals surface area contributed by atoms with E-state index in [0.717, 1.165) is 5.56 Å². The van der Waals surface area contributed by atoms with Crippen LogP contribution in [0.2, 0.25) is 0 Å². The van der Waals surface area contributed by atoms with Gasteiger partial charge in [0.25, 0.3) is 0 Å². The van der Waals surface area contributed by atoms with Gasteiger partial charge < -0.3 is 14.9 Å². The zero-order valence-corrected chi connectivity index (χ0v) is 10.1. The van der Waals surface area contributed by atoms with Gasteiger partial charge in [-0.05, 0) is 36.8 Å². The molecule has 1 atom stereocenters. The van der Waals surface area contributed by atoms with E-state index < -0.39 is 6.10 Å². The van der Waals surface area contributed by atoms with Crippen molar-refractivity contribution >= 4 is 0 Å². The highest BCUT2D eigenvalue weighted by molar-refractivity contribution is 5.34. The highest BCUT2D eigenvalue weighted by Crippen LogP contribution is 2.27. The van der Waals surface area contributed by atoms with Gasteiger partial charge in [-0.1, -0.05) is 12.1 Å². The zero-order valence-electron chi connectivity index (χ0n) is 10.1. The van der Waals surface area contributed by atoms with Crippen LogP contribution in [-0.2, 0) is 6.61 Å². The third-order valence-corrected chi connectivity index (χ3v) is 2.57. The fourth-order valence-corrected chi connectivity index (χ4v) is 1.58. The Kier molecular flexibility index (Phi) is 3.92. The summed E-state index contributed by atoms with van der Waals surface area (Å²) < 4.78 is 5.62. The predicted molar refractivity (Wildman–Crippen MR) is 67.3 cm³/mol. The van der Waals surface area contributed by atoms with E-state index in [0.29, 0.717) is 17.2 Å². The van der Waals surface area contributed by atoms with E-state index in [1.165, 1.54) is 0 Å². The van der Waals surface area contributed by atoms with Crippen molar-refractivity contribution in [1.29, 1.82) is 0 Å². The van der Waals surface area contributed by atoms with Crippen LogP contribution in [0.1, 0.15) is 24.2 Å². The molecule has 0 spiro atoms. The first-order valence-electron chi connectivity index (χ1n) is 5.71. The lowest BCUT2D eigenvalue weighted by Crippen LogP contribution is -1.98. The van der Waals surface area contributed by atoms with Gasteiger partial charge in [0, 0.05) is 11.8 Å². The van der Waals surface area contributed by atoms with E-state index in [1.807, 2.05) is 0 Å². The van der Waals surface area contributed by atoms with Crippen LogP contribution in [0.15, 0.2) is 42.6 Å². The molecule has 2 rings (SSSR count). The molecule has 0 aliphatic heterocycles. The summed E-state index contributed by atoms with van der Waals surface area (Å²) in [5.74, 6) is 1.01. The van der Waals surface area contributed by atoms with Crippen LogP contribution in [0, 0.1) is 0 Å². The number of hydrogen-bond acceptors (Lipinski definition) is 4. The number of nitrogens with zero attached hydrogens (tertiary/aromatic N) is 1. The number of ether oxygens (including phenoxy) is 1. The number of rotatable bonds is 4. The molecule has 4 heteroatoms. The molecule has 0 aliphatic rings. The average molecular weight is 245 g/mol. The minimum Gasteiger partial charge on any atom is -0.439 e. The average Bonchev–Trinajstić information content (AvgIpc) is 2.40. The third-order valence-electron chi connectivity index (χ3n) is 2.57. The second-order valence-electron chi connectivity index (χ2n) is 3.98. The molecule has 94 valence electrons. The SMILES string of the molecule is C[C@@H](O)c1cccnc1Oc1ccc(CO)cc1. The van der Waals surface area contributed by atoms with Gasteiger partial charge in [-0.15, -0.1) is 0 Å². The van der Waals surface area contributed by atoms with Crippen LogP contribution in [0.5, 0.6) is 11.6 Å². The van der Waals surface area contributed by atoms with Crippen molar-refractivity contribution in [3.8, 4) is 11.6 Å². The summed E-state index contributed by atoms with van der Waals surface area (Å²) in [6.07, 6.45) is 0.981. The van der Waals surface area contributed by atoms with Gasteiger partial charge in [0.2, 0.25) is 5.88 Å². The van der Waals surface area contributed by atoms with E-state index in [9.17, 15) is 5.11 Å². The zero-order chi connectivity index (χ0) is 13.0. The van der Waals surface area contributed by atoms with E-state index >= 15 is 0 Å². The van der Waals surface area contributed by atoms with E-state index in [-0.39, 0.29) is 6.61 Å². The molecule has 2 aromatic rings. The lowest BCUT2D eigenvalue weighted by atomic mass is 10.2. The van der Waals surface area contributed by atoms with Crippen LogP contribution in [-0.4, -0.2) is 15.2 Å². The first-order valence-corrected chi connectivity index (χ1v) is 5.71. The van der Waals surface area contributed by atoms with E-state index in [1.54, 1.807) is 49.5 Å². The van der Waals surface area contributed by atoms with Crippen LogP contribution >= 0.6 is 0 Å². The number of hydrogen-bond donors (Lipinski definition) is 2. The summed E-state index contributed by atoms with van der Waals surface area (Å²) in [5.41, 5.74) is 1.46. The Hall–Kier alpha value is -1.91. The molecule has 0 aliphatic carbocycles. The lowest BCUT2D eigenvalue weighted by Gasteiger charge is -2.11. The number of pyridine rings is 1. The maximum atomic E-state index is 9.61. The molecule has 2 N–H and O–H groups in total. The number of aromatic nitrogens is 1. The van der Waals surface area contributed by atoms with Crippen molar-refractivity contribution < 1.29 is 14.9 Å². The molecule has 4 nitrogen and oxygen atoms in total. The second-order valence-corrected chi connectivity index (χ2v) is 3.98. The Morgan fingerprint density at radius 2 is 1.94 bits per heavy atom. The molecule has 0 radical (unpaired) electrons. The van der Waals surface area contributed by atoms with Gasteiger partial charge in [-0.25, -0.2) is 4.98 Å². The highest BCUT2D eigenvalue weighted by atomic mass is 16.5. The molecule has 0 fully saturated rings. The van der Waals surface area contributed by atoms with Gasteiger partial charge >= 0.3 is 0 Å². The van der Waals surface area contributed by atoms with Crippen molar-refractivity contribution in [3.05, 3.63) is 53.7 Å². The first-order chi connectivity index (χ1) is 8.70. The number of aliphatic hydroxyl groups excluding tert-OH is 2. The monoisotopic (exact) mass is 245 g/mol. The summed E-state index contributed by atoms with van der Waals surface area (Å²) in [7, 11) is 0. The summed E-state index contributed by atoms with van der Waals surface area (Å²) in [6, 6.07) is 10.6. The first kappa shape index (κ1) is 12.5.